The van der Waals surface area contributed by atoms with Gasteiger partial charge in [-0.1, -0.05) is 19.8 Å². The molecule has 1 unspecified atom stereocenters. The number of methoxy groups -OCH3 is 1. The molecule has 0 spiro atoms. The number of hydrogen-bond acceptors (Lipinski definition) is 3. The van der Waals surface area contributed by atoms with Crippen LogP contribution in [0.5, 0.6) is 11.5 Å². The second kappa shape index (κ2) is 5.83. The normalized spacial score (nSPS) is 25.6. The molecule has 1 aliphatic heterocycles. The molecule has 3 heteroatoms. The lowest BCUT2D eigenvalue weighted by molar-refractivity contribution is -0.00859. The lowest BCUT2D eigenvalue weighted by Crippen LogP contribution is -2.38. The van der Waals surface area contributed by atoms with Crippen LogP contribution < -0.4 is 9.47 Å². The lowest BCUT2D eigenvalue weighted by Gasteiger charge is -2.38. The van der Waals surface area contributed by atoms with Crippen molar-refractivity contribution in [2.75, 3.05) is 7.11 Å². The van der Waals surface area contributed by atoms with E-state index in [-0.39, 0.29) is 5.60 Å². The highest BCUT2D eigenvalue weighted by Crippen LogP contribution is 2.43. The van der Waals surface area contributed by atoms with Crippen LogP contribution in [0.4, 0.5) is 0 Å². The van der Waals surface area contributed by atoms with Crippen molar-refractivity contribution >= 4 is 0 Å². The minimum absolute atomic E-state index is 0.270. The summed E-state index contributed by atoms with van der Waals surface area (Å²) in [7, 11) is 1.64. The molecule has 0 saturated heterocycles. The maximum absolute atomic E-state index is 10.3. The van der Waals surface area contributed by atoms with E-state index < -0.39 is 6.10 Å². The van der Waals surface area contributed by atoms with Crippen LogP contribution in [0, 0.1) is 0 Å². The van der Waals surface area contributed by atoms with E-state index in [1.54, 1.807) is 7.11 Å². The van der Waals surface area contributed by atoms with Crippen LogP contribution in [-0.2, 0) is 0 Å². The third kappa shape index (κ3) is 3.21. The third-order valence-electron chi connectivity index (χ3n) is 3.87. The Hall–Kier alpha value is -1.22. The van der Waals surface area contributed by atoms with Gasteiger partial charge in [0.15, 0.2) is 0 Å². The molecule has 2 atom stereocenters. The molecule has 0 saturated carbocycles. The van der Waals surface area contributed by atoms with E-state index in [0.29, 0.717) is 6.42 Å². The Balaban J connectivity index is 2.16. The predicted molar refractivity (Wildman–Crippen MR) is 75.7 cm³/mol. The first-order valence-corrected chi connectivity index (χ1v) is 7.13. The van der Waals surface area contributed by atoms with E-state index in [2.05, 4.69) is 13.8 Å². The van der Waals surface area contributed by atoms with Crippen molar-refractivity contribution in [1.29, 1.82) is 0 Å². The first-order chi connectivity index (χ1) is 9.08. The van der Waals surface area contributed by atoms with Crippen LogP contribution >= 0.6 is 0 Å². The van der Waals surface area contributed by atoms with Crippen LogP contribution in [0.2, 0.25) is 0 Å². The Morgan fingerprint density at radius 1 is 1.42 bits per heavy atom. The summed E-state index contributed by atoms with van der Waals surface area (Å²) in [4.78, 5) is 0. The largest absolute Gasteiger partial charge is 0.497 e. The van der Waals surface area contributed by atoms with E-state index in [4.69, 9.17) is 9.47 Å². The first kappa shape index (κ1) is 14.2. The number of ether oxygens (including phenoxy) is 2. The SMILES string of the molecule is CCCCCC1(C)C[C@H](O)c2ccc(OC)cc2O1. The van der Waals surface area contributed by atoms with E-state index in [0.717, 1.165) is 29.9 Å². The summed E-state index contributed by atoms with van der Waals surface area (Å²) in [6, 6.07) is 5.63. The van der Waals surface area contributed by atoms with Gasteiger partial charge in [-0.25, -0.2) is 0 Å². The van der Waals surface area contributed by atoms with Gasteiger partial charge in [0.1, 0.15) is 17.1 Å². The Morgan fingerprint density at radius 3 is 2.89 bits per heavy atom. The maximum atomic E-state index is 10.3. The highest BCUT2D eigenvalue weighted by atomic mass is 16.5. The molecule has 2 rings (SSSR count). The minimum atomic E-state index is -0.443. The molecule has 0 fully saturated rings. The summed E-state index contributed by atoms with van der Waals surface area (Å²) in [5.74, 6) is 1.53. The fourth-order valence-electron chi connectivity index (χ4n) is 2.73. The predicted octanol–water partition coefficient (Wildman–Crippen LogP) is 3.85. The molecule has 1 heterocycles. The molecule has 0 bridgehead atoms. The van der Waals surface area contributed by atoms with E-state index in [1.165, 1.54) is 12.8 Å². The maximum Gasteiger partial charge on any atom is 0.129 e. The van der Waals surface area contributed by atoms with Gasteiger partial charge in [0.05, 0.1) is 13.2 Å². The molecular weight excluding hydrogens is 240 g/mol. The van der Waals surface area contributed by atoms with Gasteiger partial charge >= 0.3 is 0 Å². The molecule has 19 heavy (non-hydrogen) atoms. The van der Waals surface area contributed by atoms with Gasteiger partial charge in [-0.2, -0.15) is 0 Å². The van der Waals surface area contributed by atoms with Crippen molar-refractivity contribution in [3.05, 3.63) is 23.8 Å². The van der Waals surface area contributed by atoms with Crippen LogP contribution in [0.15, 0.2) is 18.2 Å². The topological polar surface area (TPSA) is 38.7 Å². The second-order valence-corrected chi connectivity index (χ2v) is 5.63. The zero-order chi connectivity index (χ0) is 13.9. The standard InChI is InChI=1S/C16H24O3/c1-4-5-6-9-16(2)11-14(17)13-8-7-12(18-3)10-15(13)19-16/h7-8,10,14,17H,4-6,9,11H2,1-3H3/t14-,16?/m0/s1. The molecule has 106 valence electrons. The van der Waals surface area contributed by atoms with Crippen molar-refractivity contribution in [2.45, 2.75) is 57.7 Å². The summed E-state index contributed by atoms with van der Waals surface area (Å²) < 4.78 is 11.4. The van der Waals surface area contributed by atoms with Crippen LogP contribution in [-0.4, -0.2) is 17.8 Å². The van der Waals surface area contributed by atoms with Crippen molar-refractivity contribution in [2.24, 2.45) is 0 Å². The Kier molecular flexibility index (Phi) is 4.35. The Morgan fingerprint density at radius 2 is 2.21 bits per heavy atom. The molecular formula is C16H24O3. The van der Waals surface area contributed by atoms with Crippen molar-refractivity contribution in [1.82, 2.24) is 0 Å². The van der Waals surface area contributed by atoms with Gasteiger partial charge in [0.25, 0.3) is 0 Å². The molecule has 1 aromatic rings. The number of unbranched alkanes of at least 4 members (excludes halogenated alkanes) is 2. The van der Waals surface area contributed by atoms with Crippen molar-refractivity contribution in [3.8, 4) is 11.5 Å². The molecule has 3 nitrogen and oxygen atoms in total. The molecule has 0 amide bonds. The zero-order valence-corrected chi connectivity index (χ0v) is 12.1. The summed E-state index contributed by atoms with van der Waals surface area (Å²) in [6.07, 6.45) is 4.74. The van der Waals surface area contributed by atoms with Gasteiger partial charge in [-0.15, -0.1) is 0 Å². The first-order valence-electron chi connectivity index (χ1n) is 7.13. The van der Waals surface area contributed by atoms with E-state index in [9.17, 15) is 5.11 Å². The molecule has 0 radical (unpaired) electrons. The number of hydrogen-bond donors (Lipinski definition) is 1. The van der Waals surface area contributed by atoms with Crippen molar-refractivity contribution < 1.29 is 14.6 Å². The average molecular weight is 264 g/mol. The van der Waals surface area contributed by atoms with Gasteiger partial charge in [-0.05, 0) is 31.9 Å². The fourth-order valence-corrected chi connectivity index (χ4v) is 2.73. The van der Waals surface area contributed by atoms with Crippen LogP contribution in [0.1, 0.15) is 57.6 Å². The van der Waals surface area contributed by atoms with E-state index in [1.807, 2.05) is 18.2 Å². The molecule has 0 aromatic heterocycles. The summed E-state index contributed by atoms with van der Waals surface area (Å²) in [5, 5.41) is 10.3. The zero-order valence-electron chi connectivity index (χ0n) is 12.1. The van der Waals surface area contributed by atoms with Crippen LogP contribution in [0.3, 0.4) is 0 Å². The van der Waals surface area contributed by atoms with Gasteiger partial charge in [0.2, 0.25) is 0 Å². The Labute approximate surface area is 115 Å². The number of fused-ring (bicyclic) bond motifs is 1. The van der Waals surface area contributed by atoms with Crippen molar-refractivity contribution in [3.63, 3.8) is 0 Å². The Bertz CT molecular complexity index is 430. The van der Waals surface area contributed by atoms with Gasteiger partial charge in [-0.3, -0.25) is 0 Å². The highest BCUT2D eigenvalue weighted by molar-refractivity contribution is 5.43. The molecule has 1 aliphatic rings. The third-order valence-corrected chi connectivity index (χ3v) is 3.87. The molecule has 1 aromatic carbocycles. The van der Waals surface area contributed by atoms with Crippen LogP contribution in [0.25, 0.3) is 0 Å². The smallest absolute Gasteiger partial charge is 0.129 e. The average Bonchev–Trinajstić information content (AvgIpc) is 2.38. The second-order valence-electron chi connectivity index (χ2n) is 5.63. The quantitative estimate of drug-likeness (QED) is 0.821. The summed E-state index contributed by atoms with van der Waals surface area (Å²) in [6.45, 7) is 4.29. The number of aliphatic hydroxyl groups excluding tert-OH is 1. The molecule has 1 N–H and O–H groups in total. The summed E-state index contributed by atoms with van der Waals surface area (Å²) >= 11 is 0. The highest BCUT2D eigenvalue weighted by Gasteiger charge is 2.36. The van der Waals surface area contributed by atoms with E-state index >= 15 is 0 Å². The molecule has 0 aliphatic carbocycles. The fraction of sp³-hybridized carbons (Fsp3) is 0.625. The summed E-state index contributed by atoms with van der Waals surface area (Å²) in [5.41, 5.74) is 0.599. The lowest BCUT2D eigenvalue weighted by atomic mass is 9.86. The number of aliphatic hydroxyl groups is 1. The monoisotopic (exact) mass is 264 g/mol. The minimum Gasteiger partial charge on any atom is -0.497 e. The number of benzene rings is 1. The van der Waals surface area contributed by atoms with Gasteiger partial charge < -0.3 is 14.6 Å². The van der Waals surface area contributed by atoms with Gasteiger partial charge in [0, 0.05) is 18.1 Å². The number of rotatable bonds is 5.